The van der Waals surface area contributed by atoms with Crippen LogP contribution in [0.1, 0.15) is 40.0 Å². The molecule has 0 N–H and O–H groups in total. The number of fused-ring (bicyclic) bond motifs is 2. The predicted octanol–water partition coefficient (Wildman–Crippen LogP) is 3.31. The van der Waals surface area contributed by atoms with Crippen LogP contribution in [0.2, 0.25) is 0 Å². The van der Waals surface area contributed by atoms with Crippen molar-refractivity contribution >= 4 is 5.97 Å². The minimum absolute atomic E-state index is 0.0520. The zero-order valence-electron chi connectivity index (χ0n) is 10.2. The van der Waals surface area contributed by atoms with E-state index in [0.29, 0.717) is 12.3 Å². The minimum atomic E-state index is -4.89. The van der Waals surface area contributed by atoms with E-state index in [9.17, 15) is 18.0 Å². The number of alkyl halides is 3. The Bertz CT molecular complexity index is 348. The van der Waals surface area contributed by atoms with Crippen molar-refractivity contribution < 1.29 is 22.7 Å². The topological polar surface area (TPSA) is 26.3 Å². The monoisotopic (exact) mass is 250 g/mol. The Morgan fingerprint density at radius 1 is 1.29 bits per heavy atom. The molecule has 2 nitrogen and oxygen atoms in total. The van der Waals surface area contributed by atoms with E-state index in [1.54, 1.807) is 0 Å². The molecular formula is C12H17F3O2. The zero-order valence-corrected chi connectivity index (χ0v) is 10.2. The number of carbonyl (C=O) groups excluding carboxylic acids is 1. The summed E-state index contributed by atoms with van der Waals surface area (Å²) in [7, 11) is 0. The maximum atomic E-state index is 12.2. The lowest BCUT2D eigenvalue weighted by molar-refractivity contribution is -0.210. The molecule has 2 rings (SSSR count). The lowest BCUT2D eigenvalue weighted by atomic mass is 9.70. The highest BCUT2D eigenvalue weighted by Crippen LogP contribution is 2.66. The third-order valence-electron chi connectivity index (χ3n) is 5.19. The van der Waals surface area contributed by atoms with Crippen molar-refractivity contribution in [3.8, 4) is 0 Å². The highest BCUT2D eigenvalue weighted by Gasteiger charge is 2.63. The number of ether oxygens (including phenoxy) is 1. The Kier molecular flexibility index (Phi) is 2.53. The van der Waals surface area contributed by atoms with Gasteiger partial charge in [0.15, 0.2) is 0 Å². The molecule has 2 bridgehead atoms. The van der Waals surface area contributed by atoms with Gasteiger partial charge in [-0.05, 0) is 30.6 Å². The van der Waals surface area contributed by atoms with Crippen molar-refractivity contribution in [2.75, 3.05) is 0 Å². The van der Waals surface area contributed by atoms with Crippen molar-refractivity contribution in [1.29, 1.82) is 0 Å². The summed E-state index contributed by atoms with van der Waals surface area (Å²) < 4.78 is 41.2. The maximum absolute atomic E-state index is 12.2. The van der Waals surface area contributed by atoms with Crippen molar-refractivity contribution in [2.24, 2.45) is 16.7 Å². The molecule has 2 aliphatic rings. The molecule has 0 saturated heterocycles. The molecule has 0 aromatic heterocycles. The zero-order chi connectivity index (χ0) is 13.1. The second kappa shape index (κ2) is 3.39. The van der Waals surface area contributed by atoms with E-state index in [2.05, 4.69) is 18.6 Å². The van der Waals surface area contributed by atoms with Gasteiger partial charge in [-0.2, -0.15) is 13.2 Å². The second-order valence-electron chi connectivity index (χ2n) is 6.00. The molecule has 0 aromatic rings. The molecule has 0 heterocycles. The summed E-state index contributed by atoms with van der Waals surface area (Å²) in [5, 5.41) is 0. The summed E-state index contributed by atoms with van der Waals surface area (Å²) in [5.74, 6) is -1.69. The van der Waals surface area contributed by atoms with E-state index < -0.39 is 18.2 Å². The van der Waals surface area contributed by atoms with Crippen LogP contribution >= 0.6 is 0 Å². The van der Waals surface area contributed by atoms with Gasteiger partial charge in [0.05, 0.1) is 0 Å². The average Bonchev–Trinajstić information content (AvgIpc) is 2.49. The fourth-order valence-corrected chi connectivity index (χ4v) is 3.50. The first-order valence-electron chi connectivity index (χ1n) is 5.87. The quantitative estimate of drug-likeness (QED) is 0.667. The lowest BCUT2D eigenvalue weighted by Crippen LogP contribution is -2.41. The first-order chi connectivity index (χ1) is 7.59. The van der Waals surface area contributed by atoms with E-state index in [0.717, 1.165) is 12.8 Å². The smallest absolute Gasteiger partial charge is 0.455 e. The second-order valence-corrected chi connectivity index (χ2v) is 6.00. The van der Waals surface area contributed by atoms with E-state index in [4.69, 9.17) is 0 Å². The van der Waals surface area contributed by atoms with Crippen molar-refractivity contribution in [3.05, 3.63) is 0 Å². The van der Waals surface area contributed by atoms with Crippen LogP contribution < -0.4 is 0 Å². The Labute approximate surface area is 98.5 Å². The molecule has 2 aliphatic carbocycles. The molecule has 0 spiro atoms. The van der Waals surface area contributed by atoms with Gasteiger partial charge in [0.2, 0.25) is 0 Å². The maximum Gasteiger partial charge on any atom is 0.490 e. The molecule has 2 saturated carbocycles. The number of hydrogen-bond donors (Lipinski definition) is 0. The van der Waals surface area contributed by atoms with E-state index in [1.165, 1.54) is 0 Å². The van der Waals surface area contributed by atoms with Crippen LogP contribution in [0, 0.1) is 16.7 Å². The van der Waals surface area contributed by atoms with Gasteiger partial charge < -0.3 is 4.74 Å². The fraction of sp³-hybridized carbons (Fsp3) is 0.917. The number of halogens is 3. The van der Waals surface area contributed by atoms with Crippen LogP contribution in [0.3, 0.4) is 0 Å². The normalized spacial score (nSPS) is 39.4. The van der Waals surface area contributed by atoms with Gasteiger partial charge in [-0.3, -0.25) is 0 Å². The summed E-state index contributed by atoms with van der Waals surface area (Å²) in [5.41, 5.74) is -0.373. The Morgan fingerprint density at radius 2 is 1.88 bits per heavy atom. The average molecular weight is 250 g/mol. The summed E-state index contributed by atoms with van der Waals surface area (Å²) in [6.07, 6.45) is -3.07. The Hall–Kier alpha value is -0.740. The highest BCUT2D eigenvalue weighted by atomic mass is 19.4. The third kappa shape index (κ3) is 1.66. The van der Waals surface area contributed by atoms with Gasteiger partial charge in [-0.1, -0.05) is 20.8 Å². The SMILES string of the molecule is CC1(C)C2CCC1(C)C(OC(=O)C(F)(F)F)C2. The first kappa shape index (κ1) is 12.7. The fourth-order valence-electron chi connectivity index (χ4n) is 3.50. The van der Waals surface area contributed by atoms with Gasteiger partial charge in [0.25, 0.3) is 0 Å². The van der Waals surface area contributed by atoms with Gasteiger partial charge >= 0.3 is 12.1 Å². The Balaban J connectivity index is 2.14. The van der Waals surface area contributed by atoms with Crippen LogP contribution in [-0.4, -0.2) is 18.2 Å². The van der Waals surface area contributed by atoms with E-state index in [-0.39, 0.29) is 10.8 Å². The van der Waals surface area contributed by atoms with Gasteiger partial charge in [0, 0.05) is 5.41 Å². The summed E-state index contributed by atoms with van der Waals surface area (Å²) in [6, 6.07) is 0. The molecule has 98 valence electrons. The molecule has 5 heteroatoms. The molecule has 17 heavy (non-hydrogen) atoms. The number of hydrogen-bond acceptors (Lipinski definition) is 2. The molecule has 3 atom stereocenters. The van der Waals surface area contributed by atoms with E-state index in [1.807, 2.05) is 6.92 Å². The van der Waals surface area contributed by atoms with Crippen LogP contribution in [0.15, 0.2) is 0 Å². The van der Waals surface area contributed by atoms with Gasteiger partial charge in [-0.25, -0.2) is 4.79 Å². The minimum Gasteiger partial charge on any atom is -0.455 e. The molecule has 2 fully saturated rings. The van der Waals surface area contributed by atoms with Crippen molar-refractivity contribution in [3.63, 3.8) is 0 Å². The third-order valence-corrected chi connectivity index (χ3v) is 5.19. The van der Waals surface area contributed by atoms with Crippen LogP contribution in [0.25, 0.3) is 0 Å². The standard InChI is InChI=1S/C12H17F3O2/c1-10(2)7-4-5-11(10,3)8(6-7)17-9(16)12(13,14)15/h7-8H,4-6H2,1-3H3. The van der Waals surface area contributed by atoms with Crippen LogP contribution in [0.4, 0.5) is 13.2 Å². The molecule has 0 aliphatic heterocycles. The number of rotatable bonds is 1. The van der Waals surface area contributed by atoms with Gasteiger partial charge in [-0.15, -0.1) is 0 Å². The Morgan fingerprint density at radius 3 is 2.24 bits per heavy atom. The summed E-state index contributed by atoms with van der Waals surface area (Å²) >= 11 is 0. The molecular weight excluding hydrogens is 233 g/mol. The van der Waals surface area contributed by atoms with Crippen molar-refractivity contribution in [1.82, 2.24) is 0 Å². The van der Waals surface area contributed by atoms with Crippen LogP contribution in [0.5, 0.6) is 0 Å². The number of carbonyl (C=O) groups is 1. The molecule has 0 radical (unpaired) electrons. The summed E-state index contributed by atoms with van der Waals surface area (Å²) in [4.78, 5) is 10.9. The lowest BCUT2D eigenvalue weighted by Gasteiger charge is -2.38. The summed E-state index contributed by atoms with van der Waals surface area (Å²) in [6.45, 7) is 6.06. The molecule has 3 unspecified atom stereocenters. The molecule has 0 amide bonds. The van der Waals surface area contributed by atoms with Crippen LogP contribution in [-0.2, 0) is 9.53 Å². The van der Waals surface area contributed by atoms with Crippen molar-refractivity contribution in [2.45, 2.75) is 52.3 Å². The molecule has 0 aromatic carbocycles. The number of esters is 1. The highest BCUT2D eigenvalue weighted by molar-refractivity contribution is 5.75. The largest absolute Gasteiger partial charge is 0.490 e. The predicted molar refractivity (Wildman–Crippen MR) is 55.2 cm³/mol. The van der Waals surface area contributed by atoms with Gasteiger partial charge in [0.1, 0.15) is 6.10 Å². The van der Waals surface area contributed by atoms with E-state index >= 15 is 0 Å². The first-order valence-corrected chi connectivity index (χ1v) is 5.87.